The molecule has 0 amide bonds. The van der Waals surface area contributed by atoms with Gasteiger partial charge in [0.1, 0.15) is 11.4 Å². The molecule has 19 heavy (non-hydrogen) atoms. The third-order valence-electron chi connectivity index (χ3n) is 4.35. The molecule has 3 nitrogen and oxygen atoms in total. The molecule has 2 unspecified atom stereocenters. The molecule has 2 N–H and O–H groups in total. The lowest BCUT2D eigenvalue weighted by molar-refractivity contribution is -0.168. The lowest BCUT2D eigenvalue weighted by Gasteiger charge is -2.48. The van der Waals surface area contributed by atoms with Crippen molar-refractivity contribution < 1.29 is 14.2 Å². The van der Waals surface area contributed by atoms with E-state index in [1.165, 1.54) is 12.1 Å². The summed E-state index contributed by atoms with van der Waals surface area (Å²) < 4.78 is 18.6. The van der Waals surface area contributed by atoms with Crippen LogP contribution in [0, 0.1) is 5.82 Å². The van der Waals surface area contributed by atoms with Gasteiger partial charge < -0.3 is 15.2 Å². The van der Waals surface area contributed by atoms with Crippen LogP contribution in [0.15, 0.2) is 24.3 Å². The summed E-state index contributed by atoms with van der Waals surface area (Å²) in [5, 5.41) is 14.3. The van der Waals surface area contributed by atoms with Crippen molar-refractivity contribution in [1.82, 2.24) is 0 Å². The zero-order chi connectivity index (χ0) is 13.3. The minimum absolute atomic E-state index is 0.0167. The third kappa shape index (κ3) is 2.47. The Labute approximate surface area is 112 Å². The standard InChI is InChI=1S/C15H20FNO2/c16-11-5-7-12(8-6-11)17-13-3-1-4-14-15(13,18)9-2-10-19-14/h5-8,13-14,17-18H,1-4,9-10H2/t13?,14?,15-/m0/s1. The Bertz CT molecular complexity index is 434. The molecular formula is C15H20FNO2. The normalized spacial score (nSPS) is 34.6. The number of fused-ring (bicyclic) bond motifs is 1. The van der Waals surface area contributed by atoms with Gasteiger partial charge in [0.25, 0.3) is 0 Å². The maximum atomic E-state index is 12.9. The van der Waals surface area contributed by atoms with Crippen molar-refractivity contribution in [2.45, 2.75) is 49.9 Å². The number of benzene rings is 1. The van der Waals surface area contributed by atoms with Crippen LogP contribution >= 0.6 is 0 Å². The molecule has 1 aromatic carbocycles. The summed E-state index contributed by atoms with van der Waals surface area (Å²) in [5.74, 6) is -0.244. The summed E-state index contributed by atoms with van der Waals surface area (Å²) >= 11 is 0. The Kier molecular flexibility index (Phi) is 3.46. The minimum Gasteiger partial charge on any atom is -0.385 e. The van der Waals surface area contributed by atoms with Gasteiger partial charge in [0, 0.05) is 12.3 Å². The summed E-state index contributed by atoms with van der Waals surface area (Å²) in [5.41, 5.74) is 0.0660. The third-order valence-corrected chi connectivity index (χ3v) is 4.35. The molecule has 2 fully saturated rings. The second kappa shape index (κ2) is 5.10. The molecule has 0 aromatic heterocycles. The maximum Gasteiger partial charge on any atom is 0.123 e. The fourth-order valence-corrected chi connectivity index (χ4v) is 3.32. The molecule has 3 rings (SSSR count). The predicted molar refractivity (Wildman–Crippen MR) is 71.6 cm³/mol. The first-order chi connectivity index (χ1) is 9.18. The van der Waals surface area contributed by atoms with Gasteiger partial charge in [0.05, 0.1) is 12.1 Å². The molecule has 1 aliphatic heterocycles. The van der Waals surface area contributed by atoms with E-state index in [2.05, 4.69) is 5.32 Å². The molecule has 0 spiro atoms. The van der Waals surface area contributed by atoms with Gasteiger partial charge in [-0.25, -0.2) is 4.39 Å². The zero-order valence-corrected chi connectivity index (χ0v) is 10.9. The Morgan fingerprint density at radius 2 is 2.00 bits per heavy atom. The molecular weight excluding hydrogens is 245 g/mol. The van der Waals surface area contributed by atoms with Gasteiger partial charge in [-0.3, -0.25) is 0 Å². The van der Waals surface area contributed by atoms with E-state index in [0.717, 1.165) is 44.4 Å². The van der Waals surface area contributed by atoms with E-state index in [-0.39, 0.29) is 18.0 Å². The molecule has 1 saturated heterocycles. The summed E-state index contributed by atoms with van der Waals surface area (Å²) in [6, 6.07) is 6.28. The first-order valence-corrected chi connectivity index (χ1v) is 7.04. The SMILES string of the molecule is O[C@]12CCCOC1CCCC2Nc1ccc(F)cc1. The Morgan fingerprint density at radius 3 is 2.79 bits per heavy atom. The van der Waals surface area contributed by atoms with E-state index in [4.69, 9.17) is 4.74 Å². The highest BCUT2D eigenvalue weighted by atomic mass is 19.1. The van der Waals surface area contributed by atoms with Gasteiger partial charge >= 0.3 is 0 Å². The molecule has 4 heteroatoms. The van der Waals surface area contributed by atoms with Crippen LogP contribution in [-0.2, 0) is 4.74 Å². The van der Waals surface area contributed by atoms with Crippen LogP contribution < -0.4 is 5.32 Å². The molecule has 1 aliphatic carbocycles. The van der Waals surface area contributed by atoms with E-state index in [1.807, 2.05) is 0 Å². The van der Waals surface area contributed by atoms with Crippen molar-refractivity contribution in [3.8, 4) is 0 Å². The van der Waals surface area contributed by atoms with Crippen molar-refractivity contribution in [3.63, 3.8) is 0 Å². The number of halogens is 1. The van der Waals surface area contributed by atoms with Gasteiger partial charge in [0.15, 0.2) is 0 Å². The summed E-state index contributed by atoms with van der Waals surface area (Å²) in [4.78, 5) is 0. The number of rotatable bonds is 2. The van der Waals surface area contributed by atoms with Gasteiger partial charge in [0.2, 0.25) is 0 Å². The Morgan fingerprint density at radius 1 is 1.21 bits per heavy atom. The molecule has 1 aromatic rings. The highest BCUT2D eigenvalue weighted by molar-refractivity contribution is 5.44. The molecule has 2 aliphatic rings. The Balaban J connectivity index is 1.77. The number of aliphatic hydroxyl groups is 1. The lowest BCUT2D eigenvalue weighted by atomic mass is 9.74. The number of ether oxygens (including phenoxy) is 1. The van der Waals surface area contributed by atoms with Crippen LogP contribution in [-0.4, -0.2) is 29.5 Å². The van der Waals surface area contributed by atoms with E-state index in [9.17, 15) is 9.50 Å². The van der Waals surface area contributed by atoms with Crippen LogP contribution in [0.1, 0.15) is 32.1 Å². The van der Waals surface area contributed by atoms with Crippen molar-refractivity contribution >= 4 is 5.69 Å². The van der Waals surface area contributed by atoms with Crippen LogP contribution in [0.5, 0.6) is 0 Å². The minimum atomic E-state index is -0.787. The number of hydrogen-bond acceptors (Lipinski definition) is 3. The van der Waals surface area contributed by atoms with Gasteiger partial charge in [-0.1, -0.05) is 0 Å². The molecule has 0 bridgehead atoms. The van der Waals surface area contributed by atoms with Crippen molar-refractivity contribution in [1.29, 1.82) is 0 Å². The van der Waals surface area contributed by atoms with Gasteiger partial charge in [-0.05, 0) is 56.4 Å². The lowest BCUT2D eigenvalue weighted by Crippen LogP contribution is -2.60. The topological polar surface area (TPSA) is 41.5 Å². The average Bonchev–Trinajstić information content (AvgIpc) is 2.42. The van der Waals surface area contributed by atoms with Crippen LogP contribution in [0.3, 0.4) is 0 Å². The number of nitrogens with one attached hydrogen (secondary N) is 1. The van der Waals surface area contributed by atoms with Gasteiger partial charge in [-0.15, -0.1) is 0 Å². The maximum absolute atomic E-state index is 12.9. The highest BCUT2D eigenvalue weighted by Gasteiger charge is 2.48. The van der Waals surface area contributed by atoms with Crippen LogP contribution in [0.25, 0.3) is 0 Å². The fourth-order valence-electron chi connectivity index (χ4n) is 3.32. The summed E-state index contributed by atoms with van der Waals surface area (Å²) in [6.45, 7) is 0.746. The molecule has 1 saturated carbocycles. The van der Waals surface area contributed by atoms with Crippen molar-refractivity contribution in [2.75, 3.05) is 11.9 Å². The fraction of sp³-hybridized carbons (Fsp3) is 0.600. The molecule has 104 valence electrons. The van der Waals surface area contributed by atoms with E-state index >= 15 is 0 Å². The molecule has 3 atom stereocenters. The average molecular weight is 265 g/mol. The highest BCUT2D eigenvalue weighted by Crippen LogP contribution is 2.39. The number of anilines is 1. The largest absolute Gasteiger partial charge is 0.385 e. The van der Waals surface area contributed by atoms with Gasteiger partial charge in [-0.2, -0.15) is 0 Å². The monoisotopic (exact) mass is 265 g/mol. The first-order valence-electron chi connectivity index (χ1n) is 7.04. The second-order valence-corrected chi connectivity index (χ2v) is 5.59. The Hall–Kier alpha value is -1.13. The van der Waals surface area contributed by atoms with Crippen LogP contribution in [0.2, 0.25) is 0 Å². The smallest absolute Gasteiger partial charge is 0.123 e. The van der Waals surface area contributed by atoms with E-state index < -0.39 is 5.60 Å². The van der Waals surface area contributed by atoms with Crippen LogP contribution in [0.4, 0.5) is 10.1 Å². The van der Waals surface area contributed by atoms with E-state index in [1.54, 1.807) is 12.1 Å². The quantitative estimate of drug-likeness (QED) is 0.864. The zero-order valence-electron chi connectivity index (χ0n) is 10.9. The molecule has 1 heterocycles. The summed E-state index contributed by atoms with van der Waals surface area (Å²) in [6.07, 6.45) is 4.51. The summed E-state index contributed by atoms with van der Waals surface area (Å²) in [7, 11) is 0. The number of hydrogen-bond donors (Lipinski definition) is 2. The first kappa shape index (κ1) is 12.9. The predicted octanol–water partition coefficient (Wildman–Crippen LogP) is 2.70. The molecule has 0 radical (unpaired) electrons. The van der Waals surface area contributed by atoms with E-state index in [0.29, 0.717) is 0 Å². The van der Waals surface area contributed by atoms with Crippen molar-refractivity contribution in [3.05, 3.63) is 30.1 Å². The van der Waals surface area contributed by atoms with Crippen molar-refractivity contribution in [2.24, 2.45) is 0 Å². The second-order valence-electron chi connectivity index (χ2n) is 5.59.